The fourth-order valence-electron chi connectivity index (χ4n) is 3.08. The summed E-state index contributed by atoms with van der Waals surface area (Å²) in [6.07, 6.45) is 3.88. The molecule has 2 heterocycles. The van der Waals surface area contributed by atoms with E-state index in [2.05, 4.69) is 10.2 Å². The molecule has 0 unspecified atom stereocenters. The van der Waals surface area contributed by atoms with Gasteiger partial charge < -0.3 is 14.5 Å². The summed E-state index contributed by atoms with van der Waals surface area (Å²) < 4.78 is 10.8. The number of benzene rings is 1. The summed E-state index contributed by atoms with van der Waals surface area (Å²) in [5, 5.41) is 13.8. The van der Waals surface area contributed by atoms with Gasteiger partial charge in [0.2, 0.25) is 0 Å². The summed E-state index contributed by atoms with van der Waals surface area (Å²) >= 11 is 0. The second-order valence-electron chi connectivity index (χ2n) is 6.09. The van der Waals surface area contributed by atoms with Crippen LogP contribution in [-0.4, -0.2) is 42.0 Å². The number of hydrogen-bond acceptors (Lipinski definition) is 6. The molecule has 138 valence electrons. The van der Waals surface area contributed by atoms with Crippen LogP contribution in [0.2, 0.25) is 0 Å². The van der Waals surface area contributed by atoms with Crippen LogP contribution < -0.4 is 10.1 Å². The highest BCUT2D eigenvalue weighted by Gasteiger charge is 2.26. The molecule has 8 nitrogen and oxygen atoms in total. The highest BCUT2D eigenvalue weighted by molar-refractivity contribution is 5.77. The van der Waals surface area contributed by atoms with Crippen LogP contribution in [0.1, 0.15) is 24.6 Å². The number of hydrogen-bond donors (Lipinski definition) is 1. The second-order valence-corrected chi connectivity index (χ2v) is 6.09. The molecule has 1 aliphatic heterocycles. The van der Waals surface area contributed by atoms with E-state index in [1.165, 1.54) is 12.1 Å². The third kappa shape index (κ3) is 4.40. The molecule has 1 N–H and O–H groups in total. The number of carbonyl (C=O) groups is 1. The van der Waals surface area contributed by atoms with Crippen molar-refractivity contribution in [1.29, 1.82) is 0 Å². The van der Waals surface area contributed by atoms with Gasteiger partial charge in [0.15, 0.2) is 12.4 Å². The van der Waals surface area contributed by atoms with Gasteiger partial charge in [0, 0.05) is 12.6 Å². The van der Waals surface area contributed by atoms with Gasteiger partial charge in [0.1, 0.15) is 5.76 Å². The average molecular weight is 359 g/mol. The van der Waals surface area contributed by atoms with Crippen LogP contribution in [0.5, 0.6) is 5.75 Å². The van der Waals surface area contributed by atoms with Crippen LogP contribution in [0.25, 0.3) is 0 Å². The molecule has 1 saturated heterocycles. The zero-order chi connectivity index (χ0) is 18.4. The maximum absolute atomic E-state index is 12.1. The predicted molar refractivity (Wildman–Crippen MR) is 93.9 cm³/mol. The van der Waals surface area contributed by atoms with Crippen LogP contribution in [0.4, 0.5) is 5.69 Å². The average Bonchev–Trinajstić information content (AvgIpc) is 3.35. The summed E-state index contributed by atoms with van der Waals surface area (Å²) in [7, 11) is 0. The standard InChI is InChI=1S/C18H21N3O5/c22-18(13-26-16-7-2-1-6-14(16)21(23)24)19-12-15(17-8-5-11-25-17)20-9-3-4-10-20/h1-2,5-8,11,15H,3-4,9-10,12-13H2,(H,19,22)/t15-/m0/s1. The van der Waals surface area contributed by atoms with E-state index in [9.17, 15) is 14.9 Å². The molecule has 0 aliphatic carbocycles. The number of carbonyl (C=O) groups excluding carboxylic acids is 1. The fraction of sp³-hybridized carbons (Fsp3) is 0.389. The molecule has 26 heavy (non-hydrogen) atoms. The normalized spacial score (nSPS) is 15.5. The van der Waals surface area contributed by atoms with Crippen LogP contribution >= 0.6 is 0 Å². The van der Waals surface area contributed by atoms with Crippen molar-refractivity contribution in [3.8, 4) is 5.75 Å². The maximum atomic E-state index is 12.1. The van der Waals surface area contributed by atoms with Gasteiger partial charge in [-0.25, -0.2) is 0 Å². The van der Waals surface area contributed by atoms with Gasteiger partial charge in [0.25, 0.3) is 5.91 Å². The van der Waals surface area contributed by atoms with Gasteiger partial charge in [0.05, 0.1) is 17.2 Å². The lowest BCUT2D eigenvalue weighted by Crippen LogP contribution is -2.38. The van der Waals surface area contributed by atoms with E-state index in [1.807, 2.05) is 12.1 Å². The topological polar surface area (TPSA) is 97.8 Å². The Kier molecular flexibility index (Phi) is 5.85. The molecule has 0 saturated carbocycles. The molecular weight excluding hydrogens is 338 g/mol. The molecule has 1 aliphatic rings. The van der Waals surface area contributed by atoms with Crippen molar-refractivity contribution in [2.45, 2.75) is 18.9 Å². The Morgan fingerprint density at radius 3 is 2.73 bits per heavy atom. The van der Waals surface area contributed by atoms with Crippen molar-refractivity contribution in [3.05, 3.63) is 58.5 Å². The van der Waals surface area contributed by atoms with Crippen LogP contribution in [0.3, 0.4) is 0 Å². The number of likely N-dealkylation sites (tertiary alicyclic amines) is 1. The Hall–Kier alpha value is -2.87. The van der Waals surface area contributed by atoms with Gasteiger partial charge in [-0.15, -0.1) is 0 Å². The molecule has 0 radical (unpaired) electrons. The number of rotatable bonds is 8. The number of nitrogens with zero attached hydrogens (tertiary/aromatic N) is 2. The molecule has 0 bridgehead atoms. The Morgan fingerprint density at radius 2 is 2.04 bits per heavy atom. The van der Waals surface area contributed by atoms with E-state index >= 15 is 0 Å². The quantitative estimate of drug-likeness (QED) is 0.574. The second kappa shape index (κ2) is 8.48. The van der Waals surface area contributed by atoms with Crippen molar-refractivity contribution in [1.82, 2.24) is 10.2 Å². The first-order valence-electron chi connectivity index (χ1n) is 8.55. The summed E-state index contributed by atoms with van der Waals surface area (Å²) in [5.74, 6) is 0.556. The van der Waals surface area contributed by atoms with Crippen molar-refractivity contribution in [2.24, 2.45) is 0 Å². The summed E-state index contributed by atoms with van der Waals surface area (Å²) in [6.45, 7) is 2.05. The zero-order valence-corrected chi connectivity index (χ0v) is 14.3. The number of nitrogens with one attached hydrogen (secondary N) is 1. The van der Waals surface area contributed by atoms with E-state index in [1.54, 1.807) is 18.4 Å². The van der Waals surface area contributed by atoms with Gasteiger partial charge in [-0.1, -0.05) is 12.1 Å². The Balaban J connectivity index is 1.55. The van der Waals surface area contributed by atoms with Crippen LogP contribution in [0, 0.1) is 10.1 Å². The molecule has 1 atom stereocenters. The number of ether oxygens (including phenoxy) is 1. The molecule has 3 rings (SSSR count). The molecule has 0 spiro atoms. The van der Waals surface area contributed by atoms with E-state index in [0.717, 1.165) is 31.7 Å². The highest BCUT2D eigenvalue weighted by atomic mass is 16.6. The third-order valence-electron chi connectivity index (χ3n) is 4.37. The van der Waals surface area contributed by atoms with Crippen molar-refractivity contribution >= 4 is 11.6 Å². The fourth-order valence-corrected chi connectivity index (χ4v) is 3.08. The summed E-state index contributed by atoms with van der Waals surface area (Å²) in [5.41, 5.74) is -0.161. The van der Waals surface area contributed by atoms with Crippen molar-refractivity contribution in [3.63, 3.8) is 0 Å². The van der Waals surface area contributed by atoms with Gasteiger partial charge in [-0.05, 0) is 44.1 Å². The first-order chi connectivity index (χ1) is 12.6. The van der Waals surface area contributed by atoms with Crippen molar-refractivity contribution < 1.29 is 18.9 Å². The molecule has 2 aromatic rings. The van der Waals surface area contributed by atoms with E-state index in [-0.39, 0.29) is 30.0 Å². The van der Waals surface area contributed by atoms with E-state index in [4.69, 9.17) is 9.15 Å². The zero-order valence-electron chi connectivity index (χ0n) is 14.3. The first kappa shape index (κ1) is 17.9. The number of para-hydroxylation sites is 2. The lowest BCUT2D eigenvalue weighted by Gasteiger charge is -2.25. The molecule has 1 aromatic carbocycles. The monoisotopic (exact) mass is 359 g/mol. The maximum Gasteiger partial charge on any atom is 0.310 e. The Morgan fingerprint density at radius 1 is 1.27 bits per heavy atom. The minimum absolute atomic E-state index is 0.0255. The lowest BCUT2D eigenvalue weighted by molar-refractivity contribution is -0.385. The number of amides is 1. The SMILES string of the molecule is O=C(COc1ccccc1[N+](=O)[O-])NC[C@@H](c1ccco1)N1CCCC1. The number of nitro groups is 1. The predicted octanol–water partition coefficient (Wildman–Crippen LogP) is 2.52. The smallest absolute Gasteiger partial charge is 0.310 e. The minimum atomic E-state index is -0.534. The Bertz CT molecular complexity index is 741. The van der Waals surface area contributed by atoms with E-state index in [0.29, 0.717) is 6.54 Å². The summed E-state index contributed by atoms with van der Waals surface area (Å²) in [6, 6.07) is 9.70. The lowest BCUT2D eigenvalue weighted by atomic mass is 10.2. The number of nitro benzene ring substituents is 1. The Labute approximate surface area is 150 Å². The largest absolute Gasteiger partial charge is 0.477 e. The van der Waals surface area contributed by atoms with E-state index < -0.39 is 4.92 Å². The van der Waals surface area contributed by atoms with Crippen LogP contribution in [0.15, 0.2) is 47.1 Å². The molecule has 8 heteroatoms. The van der Waals surface area contributed by atoms with Gasteiger partial charge in [-0.2, -0.15) is 0 Å². The molecule has 1 aromatic heterocycles. The summed E-state index contributed by atoms with van der Waals surface area (Å²) in [4.78, 5) is 24.8. The van der Waals surface area contributed by atoms with Crippen molar-refractivity contribution in [2.75, 3.05) is 26.2 Å². The van der Waals surface area contributed by atoms with Gasteiger partial charge >= 0.3 is 5.69 Å². The first-order valence-corrected chi connectivity index (χ1v) is 8.55. The minimum Gasteiger partial charge on any atom is -0.477 e. The highest BCUT2D eigenvalue weighted by Crippen LogP contribution is 2.26. The molecule has 1 fully saturated rings. The van der Waals surface area contributed by atoms with Crippen LogP contribution in [-0.2, 0) is 4.79 Å². The number of furan rings is 1. The third-order valence-corrected chi connectivity index (χ3v) is 4.37. The van der Waals surface area contributed by atoms with Gasteiger partial charge in [-0.3, -0.25) is 19.8 Å². The molecular formula is C18H21N3O5. The molecule has 1 amide bonds.